The summed E-state index contributed by atoms with van der Waals surface area (Å²) in [7, 11) is 0. The first kappa shape index (κ1) is 51.9. The largest absolute Gasteiger partial charge is 0.292 e. The predicted octanol–water partition coefficient (Wildman–Crippen LogP) is 19.3. The van der Waals surface area contributed by atoms with E-state index < -0.39 is 0 Å². The van der Waals surface area contributed by atoms with Crippen LogP contribution in [0.4, 0.5) is 0 Å². The molecule has 0 spiro atoms. The SMILES string of the molecule is Cc1cc(C(c2ccccc2)c2ccccc2)c(-n2ccn(-c3c(C(c4ccccc4)c4ccccc4)cc(C)cc3C(c3ccccc3)c3ccccc3)c2=S)c(C(c2ccccc2)c2ccccc2)c1.Cc1ccccc1. The number of imidazole rings is 1. The molecule has 0 N–H and O–H groups in total. The van der Waals surface area contributed by atoms with Gasteiger partial charge in [0.15, 0.2) is 4.77 Å². The molecule has 0 fully saturated rings. The van der Waals surface area contributed by atoms with Gasteiger partial charge in [-0.1, -0.05) is 314 Å². The Hall–Kier alpha value is -9.15. The summed E-state index contributed by atoms with van der Waals surface area (Å²) in [6.07, 6.45) is 4.46. The molecule has 0 atom stereocenters. The van der Waals surface area contributed by atoms with E-state index in [0.717, 1.165) is 11.4 Å². The summed E-state index contributed by atoms with van der Waals surface area (Å²) in [6.45, 7) is 6.57. The summed E-state index contributed by atoms with van der Waals surface area (Å²) >= 11 is 7.10. The van der Waals surface area contributed by atoms with E-state index in [1.165, 1.54) is 83.5 Å². The molecule has 0 aliphatic heterocycles. The van der Waals surface area contributed by atoms with Gasteiger partial charge in [-0.3, -0.25) is 9.13 Å². The monoisotopic (exact) mass is 1040 g/mol. The first-order chi connectivity index (χ1) is 38.9. The predicted molar refractivity (Wildman–Crippen MR) is 332 cm³/mol. The van der Waals surface area contributed by atoms with Crippen LogP contribution in [0.15, 0.2) is 310 Å². The van der Waals surface area contributed by atoms with Crippen LogP contribution >= 0.6 is 12.2 Å². The second kappa shape index (κ2) is 24.5. The molecule has 12 rings (SSSR count). The summed E-state index contributed by atoms with van der Waals surface area (Å²) in [5.41, 5.74) is 20.4. The minimum Gasteiger partial charge on any atom is -0.292 e. The maximum absolute atomic E-state index is 7.10. The van der Waals surface area contributed by atoms with E-state index in [9.17, 15) is 0 Å². The van der Waals surface area contributed by atoms with E-state index in [4.69, 9.17) is 12.2 Å². The zero-order chi connectivity index (χ0) is 53.9. The fraction of sp³-hybridized carbons (Fsp3) is 0.0921. The van der Waals surface area contributed by atoms with E-state index in [1.807, 2.05) is 18.2 Å². The molecule has 0 aliphatic rings. The first-order valence-electron chi connectivity index (χ1n) is 27.4. The number of rotatable bonds is 14. The number of benzene rings is 11. The Morgan fingerprint density at radius 3 is 0.582 bits per heavy atom. The summed E-state index contributed by atoms with van der Waals surface area (Å²) in [4.78, 5) is 0. The summed E-state index contributed by atoms with van der Waals surface area (Å²) < 4.78 is 5.34. The van der Waals surface area contributed by atoms with Crippen LogP contribution in [0.2, 0.25) is 0 Å². The first-order valence-corrected chi connectivity index (χ1v) is 27.8. The Kier molecular flexibility index (Phi) is 16.1. The maximum Gasteiger partial charge on any atom is 0.189 e. The van der Waals surface area contributed by atoms with Gasteiger partial charge in [0.2, 0.25) is 0 Å². The average molecular weight is 1040 g/mol. The lowest BCUT2D eigenvalue weighted by molar-refractivity contribution is 0.846. The van der Waals surface area contributed by atoms with Crippen LogP contribution in [0.25, 0.3) is 11.4 Å². The molecule has 0 amide bonds. The van der Waals surface area contributed by atoms with Gasteiger partial charge in [0.05, 0.1) is 11.4 Å². The van der Waals surface area contributed by atoms with Gasteiger partial charge in [-0.05, 0) is 99.8 Å². The van der Waals surface area contributed by atoms with E-state index in [2.05, 4.69) is 321 Å². The fourth-order valence-electron chi connectivity index (χ4n) is 11.7. The normalized spacial score (nSPS) is 11.2. The topological polar surface area (TPSA) is 9.86 Å². The minimum absolute atomic E-state index is 0.106. The van der Waals surface area contributed by atoms with E-state index in [-0.39, 0.29) is 23.7 Å². The Bertz CT molecular complexity index is 3310. The Balaban J connectivity index is 0.000000876. The highest BCUT2D eigenvalue weighted by atomic mass is 32.1. The Labute approximate surface area is 472 Å². The number of hydrogen-bond donors (Lipinski definition) is 0. The highest BCUT2D eigenvalue weighted by Crippen LogP contribution is 2.46. The number of hydrogen-bond acceptors (Lipinski definition) is 1. The molecule has 0 bridgehead atoms. The molecule has 1 aromatic heterocycles. The molecule has 12 aromatic rings. The van der Waals surface area contributed by atoms with Crippen molar-refractivity contribution in [2.45, 2.75) is 44.4 Å². The van der Waals surface area contributed by atoms with Crippen molar-refractivity contribution in [1.29, 1.82) is 0 Å². The van der Waals surface area contributed by atoms with Crippen molar-refractivity contribution in [2.24, 2.45) is 0 Å². The van der Waals surface area contributed by atoms with Crippen molar-refractivity contribution in [3.05, 3.63) is 398 Å². The number of aryl methyl sites for hydroxylation is 3. The van der Waals surface area contributed by atoms with Crippen molar-refractivity contribution in [3.8, 4) is 11.4 Å². The lowest BCUT2D eigenvalue weighted by atomic mass is 9.78. The van der Waals surface area contributed by atoms with Crippen LogP contribution in [0.5, 0.6) is 0 Å². The highest BCUT2D eigenvalue weighted by Gasteiger charge is 2.32. The molecule has 1 heterocycles. The van der Waals surface area contributed by atoms with Gasteiger partial charge in [-0.25, -0.2) is 0 Å². The molecule has 2 nitrogen and oxygen atoms in total. The van der Waals surface area contributed by atoms with Crippen LogP contribution < -0.4 is 0 Å². The molecule has 0 unspecified atom stereocenters. The van der Waals surface area contributed by atoms with Crippen LogP contribution in [-0.4, -0.2) is 9.13 Å². The zero-order valence-corrected chi connectivity index (χ0v) is 45.9. The van der Waals surface area contributed by atoms with Crippen LogP contribution in [-0.2, 0) is 0 Å². The lowest BCUT2D eigenvalue weighted by Crippen LogP contribution is -2.17. The fourth-order valence-corrected chi connectivity index (χ4v) is 12.0. The van der Waals surface area contributed by atoms with Gasteiger partial charge in [0, 0.05) is 36.1 Å². The van der Waals surface area contributed by atoms with Crippen molar-refractivity contribution < 1.29 is 0 Å². The number of aromatic nitrogens is 2. The molecule has 11 aromatic carbocycles. The third-order valence-corrected chi connectivity index (χ3v) is 15.5. The van der Waals surface area contributed by atoms with Gasteiger partial charge in [-0.2, -0.15) is 0 Å². The van der Waals surface area contributed by atoms with Crippen molar-refractivity contribution in [1.82, 2.24) is 9.13 Å². The molecule has 0 saturated carbocycles. The molecule has 3 heteroatoms. The molecule has 0 saturated heterocycles. The molecule has 384 valence electrons. The van der Waals surface area contributed by atoms with Gasteiger partial charge >= 0.3 is 0 Å². The second-order valence-electron chi connectivity index (χ2n) is 20.6. The minimum atomic E-state index is -0.106. The molecule has 79 heavy (non-hydrogen) atoms. The molecule has 0 radical (unpaired) electrons. The van der Waals surface area contributed by atoms with Gasteiger partial charge in [0.1, 0.15) is 0 Å². The number of nitrogens with zero attached hydrogens (tertiary/aromatic N) is 2. The highest BCUT2D eigenvalue weighted by molar-refractivity contribution is 7.71. The third kappa shape index (κ3) is 11.5. The van der Waals surface area contributed by atoms with E-state index in [1.54, 1.807) is 0 Å². The summed E-state index contributed by atoms with van der Waals surface area (Å²) in [6, 6.07) is 108. The molecular weight excluding hydrogens is 973 g/mol. The van der Waals surface area contributed by atoms with Crippen molar-refractivity contribution in [2.75, 3.05) is 0 Å². The third-order valence-electron chi connectivity index (χ3n) is 15.1. The van der Waals surface area contributed by atoms with Gasteiger partial charge in [0.25, 0.3) is 0 Å². The second-order valence-corrected chi connectivity index (χ2v) is 20.9. The van der Waals surface area contributed by atoms with Crippen LogP contribution in [0.3, 0.4) is 0 Å². The molecular formula is C76H64N2S. The zero-order valence-electron chi connectivity index (χ0n) is 45.1. The van der Waals surface area contributed by atoms with Crippen LogP contribution in [0, 0.1) is 25.5 Å². The molecule has 0 aliphatic carbocycles. The standard InChI is InChI=1S/C69H56N2S.C7H8/c1-49-45-59(63(51-27-11-3-12-28-51)52-29-13-4-14-30-52)67(60(46-49)64(53-31-15-5-16-32-53)54-33-17-6-18-34-54)70-43-44-71(69(70)72)68-61(65(55-35-19-7-20-36-55)56-37-21-8-22-38-56)47-50(2)48-62(68)66(57-39-23-9-24-40-57)58-41-25-10-26-42-58;1-7-5-3-2-4-6-7/h3-48,63-66H,1-2H3;2-6H,1H3. The van der Waals surface area contributed by atoms with Crippen LogP contribution in [0.1, 0.15) is 107 Å². The lowest BCUT2D eigenvalue weighted by Gasteiger charge is -2.30. The smallest absolute Gasteiger partial charge is 0.189 e. The van der Waals surface area contributed by atoms with E-state index >= 15 is 0 Å². The van der Waals surface area contributed by atoms with E-state index in [0.29, 0.717) is 4.77 Å². The van der Waals surface area contributed by atoms with Gasteiger partial charge in [-0.15, -0.1) is 0 Å². The Morgan fingerprint density at radius 1 is 0.241 bits per heavy atom. The summed E-state index contributed by atoms with van der Waals surface area (Å²) in [5, 5.41) is 0. The summed E-state index contributed by atoms with van der Waals surface area (Å²) in [5.74, 6) is -0.426. The maximum atomic E-state index is 7.10. The Morgan fingerprint density at radius 2 is 0.418 bits per heavy atom. The van der Waals surface area contributed by atoms with Crippen molar-refractivity contribution in [3.63, 3.8) is 0 Å². The van der Waals surface area contributed by atoms with Gasteiger partial charge < -0.3 is 0 Å². The van der Waals surface area contributed by atoms with Crippen molar-refractivity contribution >= 4 is 12.2 Å². The average Bonchev–Trinajstić information content (AvgIpc) is 4.06. The quantitative estimate of drug-likeness (QED) is 0.0779.